The van der Waals surface area contributed by atoms with Crippen molar-refractivity contribution in [2.45, 2.75) is 116 Å². The van der Waals surface area contributed by atoms with E-state index in [1.54, 1.807) is 4.90 Å². The summed E-state index contributed by atoms with van der Waals surface area (Å²) in [5.74, 6) is 2.66. The lowest BCUT2D eigenvalue weighted by Gasteiger charge is -2.47. The van der Waals surface area contributed by atoms with Crippen LogP contribution in [-0.2, 0) is 18.9 Å². The van der Waals surface area contributed by atoms with Gasteiger partial charge in [-0.1, -0.05) is 38.3 Å². The molecule has 3 N–H and O–H groups in total. The van der Waals surface area contributed by atoms with Crippen LogP contribution in [0.25, 0.3) is 0 Å². The molecule has 0 spiro atoms. The van der Waals surface area contributed by atoms with Crippen LogP contribution in [0.2, 0.25) is 0 Å². The van der Waals surface area contributed by atoms with Gasteiger partial charge in [0.25, 0.3) is 0 Å². The summed E-state index contributed by atoms with van der Waals surface area (Å²) in [5, 5.41) is 36.6. The molecule has 0 radical (unpaired) electrons. The van der Waals surface area contributed by atoms with Crippen molar-refractivity contribution < 1.29 is 48.5 Å². The maximum absolute atomic E-state index is 14.8. The number of hydrogen-bond donors (Lipinski definition) is 3. The van der Waals surface area contributed by atoms with Crippen LogP contribution in [-0.4, -0.2) is 135 Å². The molecule has 0 bridgehead atoms. The van der Waals surface area contributed by atoms with Gasteiger partial charge in [0, 0.05) is 19.0 Å². The minimum atomic E-state index is -0.757. The second-order valence-electron chi connectivity index (χ2n) is 18.3. The van der Waals surface area contributed by atoms with Crippen LogP contribution in [0.5, 0.6) is 11.5 Å². The molecule has 1 aromatic rings. The zero-order chi connectivity index (χ0) is 40.9. The third kappa shape index (κ3) is 10.1. The number of benzene rings is 1. The van der Waals surface area contributed by atoms with E-state index in [-0.39, 0.29) is 11.4 Å². The Morgan fingerprint density at radius 3 is 2.24 bits per heavy atom. The van der Waals surface area contributed by atoms with Crippen molar-refractivity contribution in [2.24, 2.45) is 23.2 Å². The van der Waals surface area contributed by atoms with Gasteiger partial charge in [-0.3, -0.25) is 4.90 Å². The monoisotopic (exact) mass is 811 g/mol. The lowest BCUT2D eigenvalue weighted by Crippen LogP contribution is -2.54. The number of allylic oxidation sites excluding steroid dienone is 1. The van der Waals surface area contributed by atoms with Crippen molar-refractivity contribution in [2.75, 3.05) is 84.2 Å². The summed E-state index contributed by atoms with van der Waals surface area (Å²) in [7, 11) is 0. The Hall–Kier alpha value is -2.75. The molecule has 2 unspecified atom stereocenters. The van der Waals surface area contributed by atoms with E-state index >= 15 is 0 Å². The summed E-state index contributed by atoms with van der Waals surface area (Å²) >= 11 is 0. The van der Waals surface area contributed by atoms with Gasteiger partial charge < -0.3 is 43.7 Å². The van der Waals surface area contributed by atoms with Crippen molar-refractivity contribution in [1.29, 1.82) is 0 Å². The standard InChI is InChI=1S/C45H69N3O10/c1-31(7-5-13-44(2,3)52)37-10-11-38-32(8-6-14-45(37,38)4)25-39-35-27-34(49)28-40(50)36(35)29-46-30-47(43(51)48(39)46)33-9-12-41-42(26-33)58-24-22-56-20-18-54-16-15-53-17-19-55-21-23-57-41/h9,12,25-26,31,34,37-40,49-50,52H,5-8,10-11,13-24,27-30H2,1-4H3/t31-,34-,37-,38?,39?,40+,45-/m1/s1. The van der Waals surface area contributed by atoms with E-state index in [4.69, 9.17) is 28.4 Å². The van der Waals surface area contributed by atoms with Crippen molar-refractivity contribution in [3.05, 3.63) is 41.0 Å². The number of amides is 2. The number of fused-ring (bicyclic) bond motifs is 3. The summed E-state index contributed by atoms with van der Waals surface area (Å²) in [4.78, 5) is 16.5. The predicted octanol–water partition coefficient (Wildman–Crippen LogP) is 5.86. The van der Waals surface area contributed by atoms with E-state index in [0.29, 0.717) is 127 Å². The molecular formula is C45H69N3O10. The molecule has 0 aromatic heterocycles. The molecule has 6 aliphatic rings. The van der Waals surface area contributed by atoms with Gasteiger partial charge in [-0.05, 0) is 105 Å². The Labute approximate surface area is 345 Å². The Balaban J connectivity index is 1.12. The summed E-state index contributed by atoms with van der Waals surface area (Å²) in [6, 6.07) is 5.05. The lowest BCUT2D eigenvalue weighted by atomic mass is 9.60. The molecule has 2 saturated carbocycles. The molecule has 3 fully saturated rings. The number of urea groups is 1. The van der Waals surface area contributed by atoms with Crippen LogP contribution in [0, 0.1) is 23.2 Å². The van der Waals surface area contributed by atoms with Gasteiger partial charge >= 0.3 is 6.03 Å². The lowest BCUT2D eigenvalue weighted by molar-refractivity contribution is -0.00841. The van der Waals surface area contributed by atoms with Gasteiger partial charge in [0.2, 0.25) is 0 Å². The van der Waals surface area contributed by atoms with E-state index in [0.717, 1.165) is 49.7 Å². The highest BCUT2D eigenvalue weighted by atomic mass is 16.6. The second-order valence-corrected chi connectivity index (χ2v) is 18.3. The first-order valence-electron chi connectivity index (χ1n) is 22.0. The highest BCUT2D eigenvalue weighted by Crippen LogP contribution is 2.60. The highest BCUT2D eigenvalue weighted by molar-refractivity contribution is 5.94. The molecule has 2 amide bonds. The Morgan fingerprint density at radius 1 is 0.914 bits per heavy atom. The van der Waals surface area contributed by atoms with Crippen molar-refractivity contribution in [3.63, 3.8) is 0 Å². The molecule has 324 valence electrons. The van der Waals surface area contributed by atoms with Crippen molar-refractivity contribution in [3.8, 4) is 11.5 Å². The average molecular weight is 812 g/mol. The fourth-order valence-corrected chi connectivity index (χ4v) is 10.8. The van der Waals surface area contributed by atoms with Crippen LogP contribution >= 0.6 is 0 Å². The zero-order valence-electron chi connectivity index (χ0n) is 35.4. The van der Waals surface area contributed by atoms with Crippen LogP contribution in [0.1, 0.15) is 91.9 Å². The summed E-state index contributed by atoms with van der Waals surface area (Å²) in [6.45, 7) is 13.6. The average Bonchev–Trinajstić information content (AvgIpc) is 3.71. The van der Waals surface area contributed by atoms with E-state index in [1.165, 1.54) is 18.4 Å². The van der Waals surface area contributed by atoms with Gasteiger partial charge in [0.15, 0.2) is 11.5 Å². The number of anilines is 1. The Morgan fingerprint density at radius 2 is 1.57 bits per heavy atom. The molecule has 3 heterocycles. The molecule has 58 heavy (non-hydrogen) atoms. The topological polar surface area (TPSA) is 143 Å². The third-order valence-corrected chi connectivity index (χ3v) is 13.6. The molecule has 3 aliphatic carbocycles. The van der Waals surface area contributed by atoms with Crippen LogP contribution in [0.15, 0.2) is 41.0 Å². The van der Waals surface area contributed by atoms with Gasteiger partial charge in [0.05, 0.1) is 89.1 Å². The molecule has 13 heteroatoms. The fraction of sp³-hybridized carbons (Fsp3) is 0.756. The smallest absolute Gasteiger partial charge is 0.341 e. The second kappa shape index (κ2) is 19.3. The molecule has 7 rings (SSSR count). The van der Waals surface area contributed by atoms with Gasteiger partial charge in [-0.25, -0.2) is 9.80 Å². The van der Waals surface area contributed by atoms with E-state index in [1.807, 2.05) is 37.1 Å². The number of ether oxygens (including phenoxy) is 6. The number of aliphatic hydroxyl groups is 3. The molecule has 1 saturated heterocycles. The first kappa shape index (κ1) is 43.3. The van der Waals surface area contributed by atoms with Crippen LogP contribution in [0.4, 0.5) is 10.5 Å². The number of hydrogen-bond acceptors (Lipinski definition) is 11. The summed E-state index contributed by atoms with van der Waals surface area (Å²) in [6.07, 6.45) is 10.2. The SMILES string of the molecule is C[C@H](CCCC(C)(C)O)[C@H]1CCC2C(=CC3C4=C(CN5CN(c6ccc7c(c6)OCCOCCOCCOCCOCCO7)C(=O)N35)[C@@H](O)C[C@H](O)C4)CCC[C@@]21C. The van der Waals surface area contributed by atoms with Crippen LogP contribution in [0.3, 0.4) is 0 Å². The number of carbonyl (C=O) groups excluding carboxylic acids is 1. The number of hydrazine groups is 1. The highest BCUT2D eigenvalue weighted by Gasteiger charge is 2.52. The van der Waals surface area contributed by atoms with Gasteiger partial charge in [-0.15, -0.1) is 0 Å². The maximum atomic E-state index is 14.8. The number of carbonyl (C=O) groups is 1. The van der Waals surface area contributed by atoms with E-state index < -0.39 is 23.9 Å². The van der Waals surface area contributed by atoms with E-state index in [9.17, 15) is 20.1 Å². The molecular weight excluding hydrogens is 743 g/mol. The first-order valence-corrected chi connectivity index (χ1v) is 22.0. The number of nitrogens with zero attached hydrogens (tertiary/aromatic N) is 3. The Bertz CT molecular complexity index is 1610. The minimum Gasteiger partial charge on any atom is -0.487 e. The van der Waals surface area contributed by atoms with Gasteiger partial charge in [0.1, 0.15) is 13.2 Å². The molecule has 1 aromatic carbocycles. The number of rotatable bonds is 7. The maximum Gasteiger partial charge on any atom is 0.341 e. The van der Waals surface area contributed by atoms with Crippen LogP contribution < -0.4 is 14.4 Å². The van der Waals surface area contributed by atoms with Crippen molar-refractivity contribution >= 4 is 11.7 Å². The number of aliphatic hydroxyl groups excluding tert-OH is 2. The van der Waals surface area contributed by atoms with Gasteiger partial charge in [-0.2, -0.15) is 5.01 Å². The first-order chi connectivity index (χ1) is 27.9. The quantitative estimate of drug-likeness (QED) is 0.286. The zero-order valence-corrected chi connectivity index (χ0v) is 35.4. The van der Waals surface area contributed by atoms with Crippen molar-refractivity contribution in [1.82, 2.24) is 10.0 Å². The normalized spacial score (nSPS) is 32.4. The third-order valence-electron chi connectivity index (χ3n) is 13.6. The molecule has 7 atom stereocenters. The van der Waals surface area contributed by atoms with E-state index in [2.05, 4.69) is 24.9 Å². The predicted molar refractivity (Wildman–Crippen MR) is 220 cm³/mol. The summed E-state index contributed by atoms with van der Waals surface area (Å²) in [5.41, 5.74) is 3.54. The summed E-state index contributed by atoms with van der Waals surface area (Å²) < 4.78 is 34.9. The molecule has 13 nitrogen and oxygen atoms in total. The fourth-order valence-electron chi connectivity index (χ4n) is 10.8. The minimum absolute atomic E-state index is 0.147. The molecule has 3 aliphatic heterocycles. The Kier molecular flexibility index (Phi) is 14.4. The largest absolute Gasteiger partial charge is 0.487 e.